The van der Waals surface area contributed by atoms with Crippen LogP contribution in [0.4, 0.5) is 0 Å². The maximum atomic E-state index is 10.3. The monoisotopic (exact) mass is 292 g/mol. The molecular formula is C18H32N2O. The number of rotatable bonds is 11. The zero-order valence-corrected chi connectivity index (χ0v) is 13.6. The summed E-state index contributed by atoms with van der Waals surface area (Å²) in [6.45, 7) is 2.24. The Labute approximate surface area is 130 Å². The average molecular weight is 292 g/mol. The van der Waals surface area contributed by atoms with Gasteiger partial charge < -0.3 is 10.5 Å². The summed E-state index contributed by atoms with van der Waals surface area (Å²) in [5.41, 5.74) is 0. The first kappa shape index (κ1) is 19.6. The van der Waals surface area contributed by atoms with Crippen LogP contribution in [0.3, 0.4) is 0 Å². The molecule has 0 saturated carbocycles. The molecule has 0 amide bonds. The molecule has 21 heavy (non-hydrogen) atoms. The van der Waals surface area contributed by atoms with Gasteiger partial charge in [-0.15, -0.1) is 0 Å². The van der Waals surface area contributed by atoms with Crippen LogP contribution in [0.2, 0.25) is 0 Å². The van der Waals surface area contributed by atoms with E-state index < -0.39 is 5.90 Å². The van der Waals surface area contributed by atoms with Gasteiger partial charge in [-0.3, -0.25) is 0 Å². The Balaban J connectivity index is 0.000000547. The Morgan fingerprint density at radius 1 is 0.810 bits per heavy atom. The fourth-order valence-corrected chi connectivity index (χ4v) is 2.11. The van der Waals surface area contributed by atoms with E-state index in [2.05, 4.69) is 11.9 Å². The maximum Gasteiger partial charge on any atom is 0.166 e. The van der Waals surface area contributed by atoms with E-state index in [0.29, 0.717) is 6.42 Å². The van der Waals surface area contributed by atoms with E-state index in [-0.39, 0.29) is 0 Å². The largest absolute Gasteiger partial charge is 0.862 e. The molecule has 0 radical (unpaired) electrons. The van der Waals surface area contributed by atoms with Gasteiger partial charge in [0.1, 0.15) is 0 Å². The van der Waals surface area contributed by atoms with E-state index in [1.54, 1.807) is 0 Å². The van der Waals surface area contributed by atoms with E-state index in [0.717, 1.165) is 12.8 Å². The lowest BCUT2D eigenvalue weighted by molar-refractivity contribution is -0.377. The van der Waals surface area contributed by atoms with Crippen molar-refractivity contribution < 1.29 is 10.1 Å². The summed E-state index contributed by atoms with van der Waals surface area (Å²) in [6, 6.07) is 5.86. The fourth-order valence-electron chi connectivity index (χ4n) is 2.11. The highest BCUT2D eigenvalue weighted by Gasteiger charge is 1.92. The predicted octanol–water partition coefficient (Wildman–Crippen LogP) is 4.14. The van der Waals surface area contributed by atoms with Crippen LogP contribution in [0.15, 0.2) is 30.6 Å². The van der Waals surface area contributed by atoms with Gasteiger partial charge in [0, 0.05) is 12.1 Å². The van der Waals surface area contributed by atoms with Crippen LogP contribution in [0.1, 0.15) is 77.6 Å². The van der Waals surface area contributed by atoms with Gasteiger partial charge in [-0.1, -0.05) is 70.8 Å². The summed E-state index contributed by atoms with van der Waals surface area (Å²) >= 11 is 0. The van der Waals surface area contributed by atoms with Crippen LogP contribution in [0.5, 0.6) is 0 Å². The number of aromatic nitrogens is 1. The predicted molar refractivity (Wildman–Crippen MR) is 87.2 cm³/mol. The number of pyridine rings is 1. The molecule has 1 heterocycles. The van der Waals surface area contributed by atoms with Crippen LogP contribution < -0.4 is 10.1 Å². The minimum absolute atomic E-state index is 0.408. The first-order chi connectivity index (χ1) is 10.3. The van der Waals surface area contributed by atoms with Crippen LogP contribution in [0, 0.1) is 5.41 Å². The molecule has 0 aliphatic rings. The van der Waals surface area contributed by atoms with Crippen molar-refractivity contribution in [2.45, 2.75) is 77.6 Å². The zero-order valence-electron chi connectivity index (χ0n) is 13.6. The normalized spacial score (nSPS) is 9.76. The molecule has 0 bridgehead atoms. The van der Waals surface area contributed by atoms with Crippen molar-refractivity contribution in [1.29, 1.82) is 5.41 Å². The van der Waals surface area contributed by atoms with Crippen molar-refractivity contribution in [3.05, 3.63) is 30.6 Å². The average Bonchev–Trinajstić information content (AvgIpc) is 2.51. The first-order valence-electron chi connectivity index (χ1n) is 8.43. The second kappa shape index (κ2) is 16.7. The van der Waals surface area contributed by atoms with Crippen LogP contribution in [-0.2, 0) is 0 Å². The van der Waals surface area contributed by atoms with E-state index in [9.17, 15) is 5.11 Å². The lowest BCUT2D eigenvalue weighted by Crippen LogP contribution is -2.14. The molecule has 0 aliphatic heterocycles. The summed E-state index contributed by atoms with van der Waals surface area (Å²) in [5.74, 6) is -0.408. The van der Waals surface area contributed by atoms with Gasteiger partial charge >= 0.3 is 0 Å². The molecule has 120 valence electrons. The Morgan fingerprint density at radius 2 is 1.29 bits per heavy atom. The second-order valence-corrected chi connectivity index (χ2v) is 5.43. The summed E-state index contributed by atoms with van der Waals surface area (Å²) in [4.78, 5) is 2.89. The summed E-state index contributed by atoms with van der Waals surface area (Å²) < 4.78 is 0. The Morgan fingerprint density at radius 3 is 1.62 bits per heavy atom. The van der Waals surface area contributed by atoms with E-state index in [4.69, 9.17) is 5.41 Å². The highest BCUT2D eigenvalue weighted by Crippen LogP contribution is 2.10. The molecule has 0 fully saturated rings. The van der Waals surface area contributed by atoms with Gasteiger partial charge in [-0.25, -0.2) is 4.98 Å². The van der Waals surface area contributed by atoms with Crippen molar-refractivity contribution >= 4 is 5.90 Å². The quantitative estimate of drug-likeness (QED) is 0.372. The first-order valence-corrected chi connectivity index (χ1v) is 8.43. The number of aromatic amines is 1. The van der Waals surface area contributed by atoms with Crippen molar-refractivity contribution in [2.75, 3.05) is 0 Å². The molecule has 1 aromatic rings. The number of H-pyrrole nitrogens is 1. The highest BCUT2D eigenvalue weighted by atomic mass is 16.3. The van der Waals surface area contributed by atoms with Gasteiger partial charge in [0.05, 0.1) is 0 Å². The molecule has 0 aromatic carbocycles. The topological polar surface area (TPSA) is 61.0 Å². The summed E-state index contributed by atoms with van der Waals surface area (Å²) in [5, 5.41) is 17.1. The third-order valence-electron chi connectivity index (χ3n) is 3.36. The van der Waals surface area contributed by atoms with E-state index >= 15 is 0 Å². The second-order valence-electron chi connectivity index (χ2n) is 5.43. The molecule has 2 N–H and O–H groups in total. The standard InChI is InChI=1S/C13H27NO.C5H5N/c1-2-3-4-5-6-7-8-9-10-11-12-13(14)15;1-2-4-6-5-3-1/h2-12H2,1H3,(H2,14,15);1-5H. The molecule has 0 saturated heterocycles. The minimum Gasteiger partial charge on any atom is -0.862 e. The van der Waals surface area contributed by atoms with Crippen LogP contribution >= 0.6 is 0 Å². The number of hydrogen-bond donors (Lipinski definition) is 1. The van der Waals surface area contributed by atoms with Crippen LogP contribution in [-0.4, -0.2) is 5.90 Å². The van der Waals surface area contributed by atoms with Crippen molar-refractivity contribution in [2.24, 2.45) is 0 Å². The molecule has 0 aliphatic carbocycles. The van der Waals surface area contributed by atoms with Crippen molar-refractivity contribution in [3.63, 3.8) is 0 Å². The smallest absolute Gasteiger partial charge is 0.166 e. The number of nitrogens with one attached hydrogen (secondary N) is 2. The molecule has 0 unspecified atom stereocenters. The Hall–Kier alpha value is -1.38. The molecule has 1 rings (SSSR count). The van der Waals surface area contributed by atoms with Gasteiger partial charge in [0.2, 0.25) is 0 Å². The lowest BCUT2D eigenvalue weighted by Gasteiger charge is -2.06. The van der Waals surface area contributed by atoms with E-state index in [1.165, 1.54) is 51.4 Å². The lowest BCUT2D eigenvalue weighted by atomic mass is 10.1. The summed E-state index contributed by atoms with van der Waals surface area (Å²) in [6.07, 6.45) is 17.0. The molecule has 3 heteroatoms. The molecule has 3 nitrogen and oxygen atoms in total. The Kier molecular flexibility index (Phi) is 15.6. The number of unbranched alkanes of at least 4 members (excludes halogenated alkanes) is 9. The summed E-state index contributed by atoms with van der Waals surface area (Å²) in [7, 11) is 0. The molecule has 0 atom stereocenters. The third kappa shape index (κ3) is 18.6. The van der Waals surface area contributed by atoms with E-state index in [1.807, 2.05) is 30.6 Å². The van der Waals surface area contributed by atoms with Gasteiger partial charge in [0.25, 0.3) is 0 Å². The SMILES string of the molecule is CCCCCCCCCCCCC(=N)[O-].c1cc[nH+]cc1. The van der Waals surface area contributed by atoms with Crippen LogP contribution in [0.25, 0.3) is 0 Å². The minimum atomic E-state index is -0.408. The zero-order chi connectivity index (χ0) is 15.6. The molecule has 1 aromatic heterocycles. The number of hydrogen-bond acceptors (Lipinski definition) is 2. The highest BCUT2D eigenvalue weighted by molar-refractivity contribution is 5.67. The van der Waals surface area contributed by atoms with Crippen molar-refractivity contribution in [3.8, 4) is 0 Å². The third-order valence-corrected chi connectivity index (χ3v) is 3.36. The fraction of sp³-hybridized carbons (Fsp3) is 0.667. The Bertz CT molecular complexity index is 288. The molecule has 0 spiro atoms. The molecular weight excluding hydrogens is 260 g/mol. The maximum absolute atomic E-state index is 10.3. The van der Waals surface area contributed by atoms with Crippen molar-refractivity contribution in [1.82, 2.24) is 0 Å². The van der Waals surface area contributed by atoms with Gasteiger partial charge in [-0.05, 0) is 18.7 Å². The van der Waals surface area contributed by atoms with Gasteiger partial charge in [-0.2, -0.15) is 0 Å². The van der Waals surface area contributed by atoms with Gasteiger partial charge in [0.15, 0.2) is 12.4 Å².